The Balaban J connectivity index is 2.96. The fourth-order valence-electron chi connectivity index (χ4n) is 0.898. The van der Waals surface area contributed by atoms with Gasteiger partial charge in [0.1, 0.15) is 0 Å². The Labute approximate surface area is 74.4 Å². The van der Waals surface area contributed by atoms with Crippen molar-refractivity contribution >= 4 is 15.9 Å². The van der Waals surface area contributed by atoms with Gasteiger partial charge in [-0.3, -0.25) is 4.84 Å². The Morgan fingerprint density at radius 2 is 2.27 bits per heavy atom. The highest BCUT2D eigenvalue weighted by atomic mass is 79.9. The maximum Gasteiger partial charge on any atom is 0.0933 e. The molecule has 0 aliphatic carbocycles. The molecule has 2 nitrogen and oxygen atoms in total. The molecule has 0 aliphatic heterocycles. The van der Waals surface area contributed by atoms with Gasteiger partial charge in [0.25, 0.3) is 0 Å². The van der Waals surface area contributed by atoms with Gasteiger partial charge in [-0.15, -0.1) is 0 Å². The van der Waals surface area contributed by atoms with E-state index in [1.165, 1.54) is 5.56 Å². The molecule has 0 fully saturated rings. The molecule has 0 unspecified atom stereocenters. The van der Waals surface area contributed by atoms with Crippen LogP contribution in [0.1, 0.15) is 11.1 Å². The second-order valence-electron chi connectivity index (χ2n) is 2.33. The quantitative estimate of drug-likeness (QED) is 0.768. The molecule has 60 valence electrons. The Morgan fingerprint density at radius 1 is 1.55 bits per heavy atom. The molecule has 1 aromatic rings. The molecule has 0 bridgehead atoms. The lowest BCUT2D eigenvalue weighted by Crippen LogP contribution is -2.00. The van der Waals surface area contributed by atoms with Gasteiger partial charge in [0, 0.05) is 4.47 Å². The van der Waals surface area contributed by atoms with Crippen LogP contribution in [0.2, 0.25) is 0 Å². The van der Waals surface area contributed by atoms with E-state index in [2.05, 4.69) is 20.8 Å². The van der Waals surface area contributed by atoms with Gasteiger partial charge in [-0.25, -0.2) is 5.90 Å². The molecule has 0 aliphatic rings. The van der Waals surface area contributed by atoms with E-state index >= 15 is 0 Å². The van der Waals surface area contributed by atoms with Crippen LogP contribution in [0.4, 0.5) is 0 Å². The van der Waals surface area contributed by atoms with Crippen molar-refractivity contribution in [3.63, 3.8) is 0 Å². The number of rotatable bonds is 2. The highest BCUT2D eigenvalue weighted by Gasteiger charge is 1.99. The topological polar surface area (TPSA) is 35.2 Å². The second kappa shape index (κ2) is 3.85. The normalized spacial score (nSPS) is 10.1. The molecular formula is C8H10BrNO. The molecule has 1 rings (SSSR count). The van der Waals surface area contributed by atoms with E-state index in [4.69, 9.17) is 5.90 Å². The Morgan fingerprint density at radius 3 is 2.91 bits per heavy atom. The summed E-state index contributed by atoms with van der Waals surface area (Å²) in [6, 6.07) is 5.95. The van der Waals surface area contributed by atoms with E-state index in [0.717, 1.165) is 10.0 Å². The van der Waals surface area contributed by atoms with Crippen LogP contribution in [0, 0.1) is 6.92 Å². The molecule has 2 N–H and O–H groups in total. The fraction of sp³-hybridized carbons (Fsp3) is 0.250. The SMILES string of the molecule is Cc1c(Br)cccc1CON. The molecular weight excluding hydrogens is 206 g/mol. The first kappa shape index (κ1) is 8.71. The Bertz CT molecular complexity index is 250. The lowest BCUT2D eigenvalue weighted by atomic mass is 10.1. The zero-order valence-electron chi connectivity index (χ0n) is 6.30. The third-order valence-corrected chi connectivity index (χ3v) is 2.48. The zero-order valence-corrected chi connectivity index (χ0v) is 7.89. The Kier molecular flexibility index (Phi) is 3.05. The van der Waals surface area contributed by atoms with Crippen molar-refractivity contribution < 1.29 is 4.84 Å². The monoisotopic (exact) mass is 215 g/mol. The van der Waals surface area contributed by atoms with Crippen molar-refractivity contribution in [2.75, 3.05) is 0 Å². The summed E-state index contributed by atoms with van der Waals surface area (Å²) in [4.78, 5) is 4.54. The highest BCUT2D eigenvalue weighted by molar-refractivity contribution is 9.10. The summed E-state index contributed by atoms with van der Waals surface area (Å²) in [5, 5.41) is 0. The number of halogens is 1. The van der Waals surface area contributed by atoms with Gasteiger partial charge in [0.2, 0.25) is 0 Å². The first-order valence-electron chi connectivity index (χ1n) is 3.31. The summed E-state index contributed by atoms with van der Waals surface area (Å²) in [5.41, 5.74) is 2.29. The maximum atomic E-state index is 4.96. The Hall–Kier alpha value is -0.380. The predicted molar refractivity (Wildman–Crippen MR) is 47.9 cm³/mol. The van der Waals surface area contributed by atoms with Crippen molar-refractivity contribution in [2.45, 2.75) is 13.5 Å². The van der Waals surface area contributed by atoms with Gasteiger partial charge in [0.05, 0.1) is 6.61 Å². The zero-order chi connectivity index (χ0) is 8.27. The minimum Gasteiger partial charge on any atom is -0.300 e. The summed E-state index contributed by atoms with van der Waals surface area (Å²) >= 11 is 3.42. The van der Waals surface area contributed by atoms with Gasteiger partial charge >= 0.3 is 0 Å². The van der Waals surface area contributed by atoms with Gasteiger partial charge in [0.15, 0.2) is 0 Å². The molecule has 0 aromatic heterocycles. The van der Waals surface area contributed by atoms with Crippen molar-refractivity contribution in [2.24, 2.45) is 5.90 Å². The van der Waals surface area contributed by atoms with Crippen molar-refractivity contribution in [3.8, 4) is 0 Å². The third kappa shape index (κ3) is 2.02. The first-order valence-corrected chi connectivity index (χ1v) is 4.10. The van der Waals surface area contributed by atoms with Gasteiger partial charge in [-0.1, -0.05) is 28.1 Å². The minimum absolute atomic E-state index is 0.464. The molecule has 0 atom stereocenters. The molecule has 0 saturated heterocycles. The average molecular weight is 216 g/mol. The van der Waals surface area contributed by atoms with E-state index in [-0.39, 0.29) is 0 Å². The second-order valence-corrected chi connectivity index (χ2v) is 3.19. The average Bonchev–Trinajstić information content (AvgIpc) is 1.99. The summed E-state index contributed by atoms with van der Waals surface area (Å²) in [6.07, 6.45) is 0. The number of hydrogen-bond donors (Lipinski definition) is 1. The van der Waals surface area contributed by atoms with Crippen molar-refractivity contribution in [3.05, 3.63) is 33.8 Å². The van der Waals surface area contributed by atoms with Crippen molar-refractivity contribution in [1.82, 2.24) is 0 Å². The summed E-state index contributed by atoms with van der Waals surface area (Å²) < 4.78 is 1.09. The molecule has 11 heavy (non-hydrogen) atoms. The molecule has 0 radical (unpaired) electrons. The van der Waals surface area contributed by atoms with Crippen LogP contribution in [0.15, 0.2) is 22.7 Å². The van der Waals surface area contributed by atoms with Crippen LogP contribution in [0.3, 0.4) is 0 Å². The van der Waals surface area contributed by atoms with Crippen LogP contribution >= 0.6 is 15.9 Å². The maximum absolute atomic E-state index is 4.96. The largest absolute Gasteiger partial charge is 0.300 e. The highest BCUT2D eigenvalue weighted by Crippen LogP contribution is 2.19. The molecule has 0 heterocycles. The molecule has 3 heteroatoms. The smallest absolute Gasteiger partial charge is 0.0933 e. The predicted octanol–water partition coefficient (Wildman–Crippen LogP) is 2.15. The summed E-state index contributed by atoms with van der Waals surface area (Å²) in [7, 11) is 0. The van der Waals surface area contributed by atoms with Crippen LogP contribution in [0.25, 0.3) is 0 Å². The van der Waals surface area contributed by atoms with Gasteiger partial charge < -0.3 is 0 Å². The van der Waals surface area contributed by atoms with Gasteiger partial charge in [-0.05, 0) is 24.1 Å². The fourth-order valence-corrected chi connectivity index (χ4v) is 1.31. The number of hydrogen-bond acceptors (Lipinski definition) is 2. The van der Waals surface area contributed by atoms with E-state index in [0.29, 0.717) is 6.61 Å². The number of benzene rings is 1. The standard InChI is InChI=1S/C8H10BrNO/c1-6-7(5-11-10)3-2-4-8(6)9/h2-4H,5,10H2,1H3. The van der Waals surface area contributed by atoms with Crippen molar-refractivity contribution in [1.29, 1.82) is 0 Å². The molecule has 1 aromatic carbocycles. The van der Waals surface area contributed by atoms with E-state index in [1.54, 1.807) is 0 Å². The van der Waals surface area contributed by atoms with E-state index in [9.17, 15) is 0 Å². The molecule has 0 saturated carbocycles. The van der Waals surface area contributed by atoms with Crippen LogP contribution in [-0.4, -0.2) is 0 Å². The molecule has 0 spiro atoms. The van der Waals surface area contributed by atoms with Crippen LogP contribution in [0.5, 0.6) is 0 Å². The lowest BCUT2D eigenvalue weighted by Gasteiger charge is -2.04. The van der Waals surface area contributed by atoms with E-state index in [1.807, 2.05) is 25.1 Å². The molecule has 0 amide bonds. The van der Waals surface area contributed by atoms with Crippen LogP contribution in [-0.2, 0) is 11.4 Å². The van der Waals surface area contributed by atoms with Gasteiger partial charge in [-0.2, -0.15) is 0 Å². The van der Waals surface area contributed by atoms with E-state index < -0.39 is 0 Å². The minimum atomic E-state index is 0.464. The summed E-state index contributed by atoms with van der Waals surface area (Å²) in [5.74, 6) is 4.96. The first-order chi connectivity index (χ1) is 5.25. The number of nitrogens with two attached hydrogens (primary N) is 1. The van der Waals surface area contributed by atoms with Crippen LogP contribution < -0.4 is 5.90 Å². The summed E-state index contributed by atoms with van der Waals surface area (Å²) in [6.45, 7) is 2.49. The third-order valence-electron chi connectivity index (χ3n) is 1.62. The lowest BCUT2D eigenvalue weighted by molar-refractivity contribution is 0.123.